The monoisotopic (exact) mass is 306 g/mol. The largest absolute Gasteiger partial charge is 0.306 e. The Balaban J connectivity index is 2.70. The van der Waals surface area contributed by atoms with Crippen molar-refractivity contribution in [1.29, 1.82) is 0 Å². The summed E-state index contributed by atoms with van der Waals surface area (Å²) < 4.78 is 0.493. The molecule has 1 heterocycles. The number of nitrogens with one attached hydrogen (secondary N) is 1. The van der Waals surface area contributed by atoms with Crippen LogP contribution in [0.15, 0.2) is 21.4 Å². The van der Waals surface area contributed by atoms with Crippen molar-refractivity contribution in [2.45, 2.75) is 27.7 Å². The van der Waals surface area contributed by atoms with Gasteiger partial charge in [0.25, 0.3) is 5.56 Å². The second-order valence-corrected chi connectivity index (χ2v) is 5.36. The number of benzene rings is 1. The molecule has 1 N–H and O–H groups in total. The van der Waals surface area contributed by atoms with Crippen molar-refractivity contribution in [2.24, 2.45) is 0 Å². The Morgan fingerprint density at radius 2 is 1.67 bits per heavy atom. The number of nitrogens with zero attached hydrogens (tertiary/aromatic N) is 1. The summed E-state index contributed by atoms with van der Waals surface area (Å²) in [5.41, 5.74) is 5.08. The zero-order valence-electron chi connectivity index (χ0n) is 10.9. The molecule has 1 aromatic heterocycles. The molecule has 0 spiro atoms. The molecule has 0 unspecified atom stereocenters. The van der Waals surface area contributed by atoms with Gasteiger partial charge in [0.2, 0.25) is 0 Å². The van der Waals surface area contributed by atoms with E-state index in [1.54, 1.807) is 0 Å². The molecule has 0 saturated heterocycles. The third-order valence-electron chi connectivity index (χ3n) is 3.12. The quantitative estimate of drug-likeness (QED) is 0.877. The van der Waals surface area contributed by atoms with Crippen LogP contribution in [0.1, 0.15) is 22.4 Å². The molecule has 4 heteroatoms. The van der Waals surface area contributed by atoms with Crippen LogP contribution < -0.4 is 5.56 Å². The molecule has 0 aliphatic rings. The molecule has 0 aliphatic carbocycles. The molecule has 0 radical (unpaired) electrons. The Hall–Kier alpha value is -1.42. The Kier molecular flexibility index (Phi) is 3.39. The van der Waals surface area contributed by atoms with Crippen molar-refractivity contribution < 1.29 is 0 Å². The van der Waals surface area contributed by atoms with Gasteiger partial charge >= 0.3 is 0 Å². The number of H-pyrrole nitrogens is 1. The van der Waals surface area contributed by atoms with Gasteiger partial charge in [-0.1, -0.05) is 6.07 Å². The normalized spacial score (nSPS) is 10.7. The highest BCUT2D eigenvalue weighted by Crippen LogP contribution is 2.23. The van der Waals surface area contributed by atoms with Crippen LogP contribution in [-0.2, 0) is 0 Å². The van der Waals surface area contributed by atoms with Gasteiger partial charge in [-0.05, 0) is 66.4 Å². The fourth-order valence-corrected chi connectivity index (χ4v) is 2.10. The molecular formula is C14H15BrN2O. The molecular weight excluding hydrogens is 292 g/mol. The predicted octanol–water partition coefficient (Wildman–Crippen LogP) is 3.43. The first-order valence-electron chi connectivity index (χ1n) is 5.75. The van der Waals surface area contributed by atoms with Crippen molar-refractivity contribution >= 4 is 15.9 Å². The van der Waals surface area contributed by atoms with Gasteiger partial charge < -0.3 is 4.98 Å². The van der Waals surface area contributed by atoms with Gasteiger partial charge in [0, 0.05) is 5.56 Å². The molecule has 94 valence electrons. The zero-order chi connectivity index (χ0) is 13.4. The van der Waals surface area contributed by atoms with Crippen LogP contribution in [0.3, 0.4) is 0 Å². The molecule has 18 heavy (non-hydrogen) atoms. The summed E-state index contributed by atoms with van der Waals surface area (Å²) >= 11 is 3.22. The summed E-state index contributed by atoms with van der Waals surface area (Å²) in [6.07, 6.45) is 0. The maximum absolute atomic E-state index is 11.8. The first kappa shape index (κ1) is 13.0. The maximum atomic E-state index is 11.8. The van der Waals surface area contributed by atoms with Crippen LogP contribution in [0, 0.1) is 27.7 Å². The van der Waals surface area contributed by atoms with Gasteiger partial charge in [-0.2, -0.15) is 0 Å². The summed E-state index contributed by atoms with van der Waals surface area (Å²) in [4.78, 5) is 19.0. The lowest BCUT2D eigenvalue weighted by atomic mass is 10.0. The minimum atomic E-state index is -0.143. The standard InChI is InChI=1S/C14H15BrN2O/c1-7-5-9(3)11(6-8(7)2)13-16-10(4)12(15)14(18)17-13/h5-6H,1-4H3,(H,16,17,18). The minimum absolute atomic E-state index is 0.143. The smallest absolute Gasteiger partial charge is 0.265 e. The molecule has 2 rings (SSSR count). The van der Waals surface area contributed by atoms with E-state index in [0.29, 0.717) is 16.0 Å². The third-order valence-corrected chi connectivity index (χ3v) is 4.06. The highest BCUT2D eigenvalue weighted by atomic mass is 79.9. The summed E-state index contributed by atoms with van der Waals surface area (Å²) in [6.45, 7) is 7.98. The molecule has 0 bridgehead atoms. The van der Waals surface area contributed by atoms with Crippen molar-refractivity contribution in [1.82, 2.24) is 9.97 Å². The van der Waals surface area contributed by atoms with Crippen LogP contribution in [0.25, 0.3) is 11.4 Å². The SMILES string of the molecule is Cc1cc(C)c(-c2nc(C)c(Br)c(=O)[nH]2)cc1C. The lowest BCUT2D eigenvalue weighted by Crippen LogP contribution is -2.12. The molecule has 1 aromatic carbocycles. The Morgan fingerprint density at radius 3 is 2.28 bits per heavy atom. The topological polar surface area (TPSA) is 45.8 Å². The van der Waals surface area contributed by atoms with Gasteiger partial charge in [0.15, 0.2) is 0 Å². The van der Waals surface area contributed by atoms with Gasteiger partial charge in [0.05, 0.1) is 5.69 Å². The van der Waals surface area contributed by atoms with Gasteiger partial charge in [-0.3, -0.25) is 4.79 Å². The Labute approximate surface area is 114 Å². The van der Waals surface area contributed by atoms with Crippen molar-refractivity contribution in [2.75, 3.05) is 0 Å². The van der Waals surface area contributed by atoms with E-state index < -0.39 is 0 Å². The Morgan fingerprint density at radius 1 is 1.06 bits per heavy atom. The Bertz CT molecular complexity index is 674. The molecule has 2 aromatic rings. The fourth-order valence-electron chi connectivity index (χ4n) is 1.91. The van der Waals surface area contributed by atoms with E-state index in [2.05, 4.69) is 51.9 Å². The fraction of sp³-hybridized carbons (Fsp3) is 0.286. The van der Waals surface area contributed by atoms with E-state index in [0.717, 1.165) is 11.1 Å². The molecule has 0 amide bonds. The number of aryl methyl sites for hydroxylation is 4. The second kappa shape index (κ2) is 4.69. The third kappa shape index (κ3) is 2.25. The van der Waals surface area contributed by atoms with Crippen molar-refractivity contribution in [3.05, 3.63) is 49.3 Å². The van der Waals surface area contributed by atoms with E-state index in [4.69, 9.17) is 0 Å². The van der Waals surface area contributed by atoms with Crippen LogP contribution in [0.5, 0.6) is 0 Å². The molecule has 0 fully saturated rings. The van der Waals surface area contributed by atoms with Gasteiger partial charge in [-0.25, -0.2) is 4.98 Å². The van der Waals surface area contributed by atoms with Crippen LogP contribution in [-0.4, -0.2) is 9.97 Å². The first-order valence-corrected chi connectivity index (χ1v) is 6.54. The van der Waals surface area contributed by atoms with E-state index in [9.17, 15) is 4.79 Å². The van der Waals surface area contributed by atoms with Crippen molar-refractivity contribution in [3.63, 3.8) is 0 Å². The predicted molar refractivity (Wildman–Crippen MR) is 76.9 cm³/mol. The summed E-state index contributed by atoms with van der Waals surface area (Å²) in [5, 5.41) is 0. The highest BCUT2D eigenvalue weighted by Gasteiger charge is 2.10. The van der Waals surface area contributed by atoms with E-state index >= 15 is 0 Å². The van der Waals surface area contributed by atoms with Crippen LogP contribution in [0.4, 0.5) is 0 Å². The van der Waals surface area contributed by atoms with Gasteiger partial charge in [-0.15, -0.1) is 0 Å². The molecule has 0 aliphatic heterocycles. The summed E-state index contributed by atoms with van der Waals surface area (Å²) in [7, 11) is 0. The molecule has 0 saturated carbocycles. The average molecular weight is 307 g/mol. The van der Waals surface area contributed by atoms with Crippen molar-refractivity contribution in [3.8, 4) is 11.4 Å². The average Bonchev–Trinajstić information content (AvgIpc) is 2.30. The van der Waals surface area contributed by atoms with E-state index in [1.807, 2.05) is 13.8 Å². The first-order chi connectivity index (χ1) is 8.40. The highest BCUT2D eigenvalue weighted by molar-refractivity contribution is 9.10. The molecule has 0 atom stereocenters. The number of halogens is 1. The number of hydrogen-bond donors (Lipinski definition) is 1. The number of rotatable bonds is 1. The van der Waals surface area contributed by atoms with Gasteiger partial charge in [0.1, 0.15) is 10.3 Å². The molecule has 3 nitrogen and oxygen atoms in total. The van der Waals surface area contributed by atoms with Crippen LogP contribution in [0.2, 0.25) is 0 Å². The zero-order valence-corrected chi connectivity index (χ0v) is 12.5. The summed E-state index contributed by atoms with van der Waals surface area (Å²) in [6, 6.07) is 4.18. The lowest BCUT2D eigenvalue weighted by molar-refractivity contribution is 1.05. The minimum Gasteiger partial charge on any atom is -0.306 e. The lowest BCUT2D eigenvalue weighted by Gasteiger charge is -2.10. The van der Waals surface area contributed by atoms with E-state index in [1.165, 1.54) is 11.1 Å². The summed E-state index contributed by atoms with van der Waals surface area (Å²) in [5.74, 6) is 0.626. The maximum Gasteiger partial charge on any atom is 0.265 e. The number of hydrogen-bond acceptors (Lipinski definition) is 2. The number of aromatic nitrogens is 2. The van der Waals surface area contributed by atoms with Crippen LogP contribution >= 0.6 is 15.9 Å². The van der Waals surface area contributed by atoms with E-state index in [-0.39, 0.29) is 5.56 Å². The number of aromatic amines is 1. The second-order valence-electron chi connectivity index (χ2n) is 4.57.